The number of carbonyl (C=O) groups excluding carboxylic acids is 1. The molecule has 102 valence electrons. The van der Waals surface area contributed by atoms with E-state index in [0.29, 0.717) is 31.8 Å². The van der Waals surface area contributed by atoms with Crippen LogP contribution >= 0.6 is 0 Å². The molecule has 0 aromatic carbocycles. The maximum absolute atomic E-state index is 12.2. The Balaban J connectivity index is 1.83. The highest BCUT2D eigenvalue weighted by atomic mass is 16.5. The van der Waals surface area contributed by atoms with E-state index in [1.54, 1.807) is 4.90 Å². The lowest BCUT2D eigenvalue weighted by Gasteiger charge is -2.33. The molecule has 1 saturated heterocycles. The second kappa shape index (κ2) is 5.26. The van der Waals surface area contributed by atoms with Gasteiger partial charge >= 0.3 is 5.97 Å². The van der Waals surface area contributed by atoms with Gasteiger partial charge in [0.15, 0.2) is 0 Å². The van der Waals surface area contributed by atoms with Gasteiger partial charge in [-0.05, 0) is 38.5 Å². The molecule has 1 heterocycles. The van der Waals surface area contributed by atoms with Crippen LogP contribution in [-0.4, -0.2) is 48.2 Å². The first kappa shape index (κ1) is 13.3. The summed E-state index contributed by atoms with van der Waals surface area (Å²) in [5.74, 6) is -0.622. The average Bonchev–Trinajstić information content (AvgIpc) is 3.17. The molecular formula is C13H21NO4. The normalized spacial score (nSPS) is 22.8. The van der Waals surface area contributed by atoms with Gasteiger partial charge in [-0.3, -0.25) is 9.59 Å². The number of carboxylic acid groups (broad SMARTS) is 1. The number of likely N-dealkylation sites (tertiary alicyclic amines) is 1. The predicted molar refractivity (Wildman–Crippen MR) is 65.1 cm³/mol. The van der Waals surface area contributed by atoms with Gasteiger partial charge < -0.3 is 14.7 Å². The van der Waals surface area contributed by atoms with Crippen LogP contribution in [0.15, 0.2) is 0 Å². The van der Waals surface area contributed by atoms with Crippen molar-refractivity contribution in [2.45, 2.75) is 32.6 Å². The quantitative estimate of drug-likeness (QED) is 0.748. The van der Waals surface area contributed by atoms with E-state index in [-0.39, 0.29) is 5.91 Å². The van der Waals surface area contributed by atoms with Crippen LogP contribution in [-0.2, 0) is 14.3 Å². The predicted octanol–water partition coefficient (Wildman–Crippen LogP) is 1.13. The number of piperidine rings is 1. The van der Waals surface area contributed by atoms with Gasteiger partial charge in [0.05, 0.1) is 0 Å². The minimum absolute atomic E-state index is 0.176. The molecule has 2 fully saturated rings. The first-order chi connectivity index (χ1) is 8.60. The minimum Gasteiger partial charge on any atom is -0.480 e. The number of amides is 1. The van der Waals surface area contributed by atoms with Gasteiger partial charge in [0.25, 0.3) is 0 Å². The number of carbonyl (C=O) groups is 2. The van der Waals surface area contributed by atoms with E-state index < -0.39 is 11.4 Å². The van der Waals surface area contributed by atoms with Crippen molar-refractivity contribution in [1.29, 1.82) is 0 Å². The van der Waals surface area contributed by atoms with E-state index in [9.17, 15) is 9.59 Å². The third-order valence-corrected chi connectivity index (χ3v) is 4.03. The van der Waals surface area contributed by atoms with Crippen molar-refractivity contribution >= 4 is 11.9 Å². The molecule has 0 unspecified atom stereocenters. The average molecular weight is 255 g/mol. The number of hydrogen-bond donors (Lipinski definition) is 1. The summed E-state index contributed by atoms with van der Waals surface area (Å²) >= 11 is 0. The summed E-state index contributed by atoms with van der Waals surface area (Å²) in [5, 5.41) is 9.11. The van der Waals surface area contributed by atoms with Crippen molar-refractivity contribution in [3.8, 4) is 0 Å². The number of carboxylic acids is 1. The van der Waals surface area contributed by atoms with Gasteiger partial charge in [-0.1, -0.05) is 0 Å². The summed E-state index contributed by atoms with van der Waals surface area (Å²) in [4.78, 5) is 25.0. The topological polar surface area (TPSA) is 66.8 Å². The molecule has 0 atom stereocenters. The molecule has 1 N–H and O–H groups in total. The van der Waals surface area contributed by atoms with Crippen LogP contribution < -0.4 is 0 Å². The molecule has 2 rings (SSSR count). The second-order valence-electron chi connectivity index (χ2n) is 5.28. The Kier molecular flexibility index (Phi) is 3.90. The molecule has 5 heteroatoms. The van der Waals surface area contributed by atoms with Crippen molar-refractivity contribution in [1.82, 2.24) is 4.90 Å². The van der Waals surface area contributed by atoms with Gasteiger partial charge in [0.2, 0.25) is 5.91 Å². The van der Waals surface area contributed by atoms with Crippen LogP contribution in [0.3, 0.4) is 0 Å². The van der Waals surface area contributed by atoms with Gasteiger partial charge in [0.1, 0.15) is 5.41 Å². The molecule has 1 amide bonds. The highest BCUT2D eigenvalue weighted by molar-refractivity contribution is 6.04. The zero-order chi connectivity index (χ0) is 13.2. The fraction of sp³-hybridized carbons (Fsp3) is 0.846. The zero-order valence-electron chi connectivity index (χ0n) is 10.9. The van der Waals surface area contributed by atoms with Gasteiger partial charge in [-0.25, -0.2) is 0 Å². The molecule has 1 aliphatic carbocycles. The molecule has 0 spiro atoms. The van der Waals surface area contributed by atoms with Crippen molar-refractivity contribution < 1.29 is 19.4 Å². The van der Waals surface area contributed by atoms with Crippen molar-refractivity contribution in [3.05, 3.63) is 0 Å². The lowest BCUT2D eigenvalue weighted by molar-refractivity contribution is -0.154. The Hall–Kier alpha value is -1.10. The summed E-state index contributed by atoms with van der Waals surface area (Å²) in [6, 6.07) is 0. The lowest BCUT2D eigenvalue weighted by Crippen LogP contribution is -2.45. The third-order valence-electron chi connectivity index (χ3n) is 4.03. The van der Waals surface area contributed by atoms with Crippen LogP contribution in [0.4, 0.5) is 0 Å². The number of ether oxygens (including phenoxy) is 1. The van der Waals surface area contributed by atoms with Gasteiger partial charge in [0, 0.05) is 26.3 Å². The molecule has 0 aromatic heterocycles. The maximum Gasteiger partial charge on any atom is 0.319 e. The summed E-state index contributed by atoms with van der Waals surface area (Å²) in [6.07, 6.45) is 2.84. The monoisotopic (exact) mass is 255 g/mol. The third kappa shape index (κ3) is 2.51. The van der Waals surface area contributed by atoms with Crippen LogP contribution in [0.1, 0.15) is 32.6 Å². The Morgan fingerprint density at radius 3 is 2.39 bits per heavy atom. The highest BCUT2D eigenvalue weighted by Crippen LogP contribution is 2.47. The molecule has 0 aromatic rings. The van der Waals surface area contributed by atoms with E-state index in [1.165, 1.54) is 0 Å². The van der Waals surface area contributed by atoms with E-state index in [0.717, 1.165) is 26.1 Å². The van der Waals surface area contributed by atoms with Crippen LogP contribution in [0.5, 0.6) is 0 Å². The second-order valence-corrected chi connectivity index (χ2v) is 5.28. The molecule has 1 aliphatic heterocycles. The van der Waals surface area contributed by atoms with E-state index >= 15 is 0 Å². The highest BCUT2D eigenvalue weighted by Gasteiger charge is 2.58. The first-order valence-electron chi connectivity index (χ1n) is 6.70. The maximum atomic E-state index is 12.2. The molecule has 0 bridgehead atoms. The van der Waals surface area contributed by atoms with Crippen molar-refractivity contribution in [2.24, 2.45) is 11.3 Å². The Bertz CT molecular complexity index is 330. The molecule has 1 saturated carbocycles. The fourth-order valence-electron chi connectivity index (χ4n) is 2.53. The zero-order valence-corrected chi connectivity index (χ0v) is 10.9. The summed E-state index contributed by atoms with van der Waals surface area (Å²) < 4.78 is 5.39. The first-order valence-corrected chi connectivity index (χ1v) is 6.70. The van der Waals surface area contributed by atoms with Gasteiger partial charge in [-0.15, -0.1) is 0 Å². The van der Waals surface area contributed by atoms with Crippen LogP contribution in [0.2, 0.25) is 0 Å². The number of aliphatic carboxylic acids is 1. The van der Waals surface area contributed by atoms with Crippen LogP contribution in [0, 0.1) is 11.3 Å². The summed E-state index contributed by atoms with van der Waals surface area (Å²) in [6.45, 7) is 4.80. The Labute approximate surface area is 107 Å². The molecule has 18 heavy (non-hydrogen) atoms. The Morgan fingerprint density at radius 1 is 1.33 bits per heavy atom. The molecule has 5 nitrogen and oxygen atoms in total. The lowest BCUT2D eigenvalue weighted by atomic mass is 9.95. The Morgan fingerprint density at radius 2 is 1.94 bits per heavy atom. The van der Waals surface area contributed by atoms with E-state index in [2.05, 4.69) is 0 Å². The van der Waals surface area contributed by atoms with Crippen LogP contribution in [0.25, 0.3) is 0 Å². The number of nitrogens with zero attached hydrogens (tertiary/aromatic N) is 1. The standard InChI is InChI=1S/C13H21NO4/c1-2-18-9-10-3-7-14(8-4-10)11(15)13(5-6-13)12(16)17/h10H,2-9H2,1H3,(H,16,17). The summed E-state index contributed by atoms with van der Waals surface area (Å²) in [5.41, 5.74) is -1.08. The van der Waals surface area contributed by atoms with Crippen molar-refractivity contribution in [3.63, 3.8) is 0 Å². The largest absolute Gasteiger partial charge is 0.480 e. The SMILES string of the molecule is CCOCC1CCN(C(=O)C2(C(=O)O)CC2)CC1. The van der Waals surface area contributed by atoms with Gasteiger partial charge in [-0.2, -0.15) is 0 Å². The number of rotatable bonds is 5. The molecule has 0 radical (unpaired) electrons. The summed E-state index contributed by atoms with van der Waals surface area (Å²) in [7, 11) is 0. The van der Waals surface area contributed by atoms with E-state index in [1.807, 2.05) is 6.92 Å². The van der Waals surface area contributed by atoms with E-state index in [4.69, 9.17) is 9.84 Å². The fourth-order valence-corrected chi connectivity index (χ4v) is 2.53. The smallest absolute Gasteiger partial charge is 0.319 e. The molecule has 2 aliphatic rings. The number of hydrogen-bond acceptors (Lipinski definition) is 3. The molecular weight excluding hydrogens is 234 g/mol. The minimum atomic E-state index is -1.08. The van der Waals surface area contributed by atoms with Crippen molar-refractivity contribution in [2.75, 3.05) is 26.3 Å².